The number of hydrogen-bond acceptors (Lipinski definition) is 4. The van der Waals surface area contributed by atoms with Gasteiger partial charge in [0.1, 0.15) is 17.4 Å². The molecule has 4 rings (SSSR count). The molecule has 2 aromatic carbocycles. The van der Waals surface area contributed by atoms with Crippen LogP contribution in [0.5, 0.6) is 5.75 Å². The smallest absolute Gasteiger partial charge is 0.401 e. The number of nitrogens with one attached hydrogen (secondary N) is 1. The van der Waals surface area contributed by atoms with Crippen molar-refractivity contribution in [2.24, 2.45) is 0 Å². The third-order valence-electron chi connectivity index (χ3n) is 6.48. The second-order valence-electron chi connectivity index (χ2n) is 9.12. The number of rotatable bonds is 7. The molecule has 0 aromatic heterocycles. The fourth-order valence-corrected chi connectivity index (χ4v) is 4.97. The molecule has 186 valence electrons. The zero-order valence-corrected chi connectivity index (χ0v) is 18.7. The van der Waals surface area contributed by atoms with Gasteiger partial charge in [0.05, 0.1) is 25.3 Å². The quantitative estimate of drug-likeness (QED) is 0.538. The number of hydrogen-bond donors (Lipinski definition) is 2. The number of phenolic OH excluding ortho intramolecular Hbond substituents is 1. The van der Waals surface area contributed by atoms with Gasteiger partial charge in [0.2, 0.25) is 0 Å². The lowest BCUT2D eigenvalue weighted by molar-refractivity contribution is -0.155. The van der Waals surface area contributed by atoms with Crippen LogP contribution in [-0.4, -0.2) is 66.0 Å². The summed E-state index contributed by atoms with van der Waals surface area (Å²) in [7, 11) is 0. The van der Waals surface area contributed by atoms with Gasteiger partial charge < -0.3 is 10.4 Å². The van der Waals surface area contributed by atoms with Crippen LogP contribution in [0.2, 0.25) is 0 Å². The molecule has 0 amide bonds. The van der Waals surface area contributed by atoms with E-state index in [0.717, 1.165) is 17.0 Å². The topological polar surface area (TPSA) is 38.7 Å². The maximum absolute atomic E-state index is 15.3. The molecule has 0 radical (unpaired) electrons. The Morgan fingerprint density at radius 3 is 2.38 bits per heavy atom. The van der Waals surface area contributed by atoms with Crippen molar-refractivity contribution in [1.29, 1.82) is 0 Å². The number of fused-ring (bicyclic) bond motifs is 1. The average molecular weight is 487 g/mol. The zero-order valence-electron chi connectivity index (χ0n) is 18.7. The van der Waals surface area contributed by atoms with E-state index in [9.17, 15) is 22.7 Å². The van der Waals surface area contributed by atoms with Gasteiger partial charge in [-0.15, -0.1) is 0 Å². The van der Waals surface area contributed by atoms with E-state index in [2.05, 4.69) is 5.32 Å². The number of anilines is 1. The van der Waals surface area contributed by atoms with Crippen molar-refractivity contribution in [1.82, 2.24) is 9.80 Å². The molecule has 0 saturated carbocycles. The molecule has 34 heavy (non-hydrogen) atoms. The van der Waals surface area contributed by atoms with Gasteiger partial charge in [-0.3, -0.25) is 14.2 Å². The molecule has 2 N–H and O–H groups in total. The van der Waals surface area contributed by atoms with Crippen molar-refractivity contribution in [2.45, 2.75) is 44.1 Å². The standard InChI is InChI=1S/C24H27F6N3O/c1-14-7-15-8-18(34)3-4-19(15)23(33(14)13-24(28,29)30)22-20(26)9-16(10-21(22)27)31-17-11-32(12-17)6-2-5-25/h3-4,8-10,14,17,23,31,34H,2,5-7,11-13H2,1H3/t14-,23?/m1/s1. The summed E-state index contributed by atoms with van der Waals surface area (Å²) in [5.74, 6) is -1.95. The lowest BCUT2D eigenvalue weighted by atomic mass is 9.84. The SMILES string of the molecule is C[C@@H]1Cc2cc(O)ccc2C(c2c(F)cc(NC3CN(CCCF)C3)cc2F)N1CC(F)(F)F. The van der Waals surface area contributed by atoms with Crippen molar-refractivity contribution in [3.63, 3.8) is 0 Å². The number of likely N-dealkylation sites (tertiary alicyclic amines) is 1. The van der Waals surface area contributed by atoms with Gasteiger partial charge in [-0.2, -0.15) is 13.2 Å². The fourth-order valence-electron chi connectivity index (χ4n) is 4.97. The summed E-state index contributed by atoms with van der Waals surface area (Å²) in [5.41, 5.74) is 0.637. The summed E-state index contributed by atoms with van der Waals surface area (Å²) in [6.07, 6.45) is -3.93. The Bertz CT molecular complexity index is 1000. The number of nitrogens with zero attached hydrogens (tertiary/aromatic N) is 2. The Balaban J connectivity index is 1.64. The van der Waals surface area contributed by atoms with Gasteiger partial charge in [0, 0.05) is 36.9 Å². The number of halogens is 6. The van der Waals surface area contributed by atoms with Gasteiger partial charge in [-0.1, -0.05) is 6.07 Å². The average Bonchev–Trinajstić information content (AvgIpc) is 2.70. The summed E-state index contributed by atoms with van der Waals surface area (Å²) in [5, 5.41) is 12.9. The van der Waals surface area contributed by atoms with E-state index in [1.54, 1.807) is 6.92 Å². The Morgan fingerprint density at radius 2 is 1.76 bits per heavy atom. The molecule has 2 heterocycles. The molecule has 2 aromatic rings. The summed E-state index contributed by atoms with van der Waals surface area (Å²) in [4.78, 5) is 3.08. The van der Waals surface area contributed by atoms with Crippen molar-refractivity contribution in [3.8, 4) is 5.75 Å². The van der Waals surface area contributed by atoms with E-state index >= 15 is 8.78 Å². The molecular formula is C24H27F6N3O. The molecule has 0 spiro atoms. The lowest BCUT2D eigenvalue weighted by Gasteiger charge is -2.43. The highest BCUT2D eigenvalue weighted by Crippen LogP contribution is 2.42. The van der Waals surface area contributed by atoms with Gasteiger partial charge in [-0.25, -0.2) is 8.78 Å². The van der Waals surface area contributed by atoms with Gasteiger partial charge in [-0.05, 0) is 55.2 Å². The highest BCUT2D eigenvalue weighted by atomic mass is 19.4. The molecule has 0 aliphatic carbocycles. The second kappa shape index (κ2) is 9.65. The van der Waals surface area contributed by atoms with E-state index in [-0.39, 0.29) is 23.9 Å². The molecule has 1 fully saturated rings. The summed E-state index contributed by atoms with van der Waals surface area (Å²) >= 11 is 0. The van der Waals surface area contributed by atoms with Crippen LogP contribution in [0, 0.1) is 11.6 Å². The zero-order chi connectivity index (χ0) is 24.6. The molecule has 10 heteroatoms. The molecule has 1 saturated heterocycles. The Labute approximate surface area is 194 Å². The predicted molar refractivity (Wildman–Crippen MR) is 117 cm³/mol. The maximum Gasteiger partial charge on any atom is 0.401 e. The van der Waals surface area contributed by atoms with E-state index in [0.29, 0.717) is 37.2 Å². The molecule has 0 bridgehead atoms. The molecule has 4 nitrogen and oxygen atoms in total. The third-order valence-corrected chi connectivity index (χ3v) is 6.48. The number of aromatic hydroxyl groups is 1. The summed E-state index contributed by atoms with van der Waals surface area (Å²) in [6, 6.07) is 4.37. The van der Waals surface area contributed by atoms with Crippen molar-refractivity contribution in [3.05, 3.63) is 58.7 Å². The van der Waals surface area contributed by atoms with Crippen LogP contribution in [0.25, 0.3) is 0 Å². The van der Waals surface area contributed by atoms with Crippen LogP contribution >= 0.6 is 0 Å². The maximum atomic E-state index is 15.3. The second-order valence-corrected chi connectivity index (χ2v) is 9.12. The Morgan fingerprint density at radius 1 is 1.09 bits per heavy atom. The minimum Gasteiger partial charge on any atom is -0.508 e. The number of phenols is 1. The fraction of sp³-hybridized carbons (Fsp3) is 0.500. The van der Waals surface area contributed by atoms with E-state index in [4.69, 9.17) is 0 Å². The lowest BCUT2D eigenvalue weighted by Crippen LogP contribution is -2.54. The van der Waals surface area contributed by atoms with Crippen LogP contribution in [0.4, 0.5) is 32.0 Å². The van der Waals surface area contributed by atoms with Gasteiger partial charge in [0.25, 0.3) is 0 Å². The van der Waals surface area contributed by atoms with Crippen LogP contribution < -0.4 is 5.32 Å². The van der Waals surface area contributed by atoms with Gasteiger partial charge in [0.15, 0.2) is 0 Å². The van der Waals surface area contributed by atoms with E-state index < -0.39 is 48.7 Å². The van der Waals surface area contributed by atoms with E-state index in [1.807, 2.05) is 4.90 Å². The van der Waals surface area contributed by atoms with Crippen molar-refractivity contribution < 1.29 is 31.4 Å². The molecule has 2 aliphatic heterocycles. The normalized spacial score (nSPS) is 21.9. The molecule has 2 atom stereocenters. The highest BCUT2D eigenvalue weighted by Gasteiger charge is 2.42. The van der Waals surface area contributed by atoms with Crippen molar-refractivity contribution in [2.75, 3.05) is 38.2 Å². The molecule has 2 aliphatic rings. The summed E-state index contributed by atoms with van der Waals surface area (Å²) < 4.78 is 83.2. The van der Waals surface area contributed by atoms with Crippen molar-refractivity contribution >= 4 is 5.69 Å². The highest BCUT2D eigenvalue weighted by molar-refractivity contribution is 5.51. The minimum absolute atomic E-state index is 0.0515. The number of alkyl halides is 4. The van der Waals surface area contributed by atoms with Crippen LogP contribution in [0.1, 0.15) is 36.1 Å². The monoisotopic (exact) mass is 487 g/mol. The largest absolute Gasteiger partial charge is 0.508 e. The van der Waals surface area contributed by atoms with Crippen LogP contribution in [0.3, 0.4) is 0 Å². The van der Waals surface area contributed by atoms with E-state index in [1.165, 1.54) is 18.2 Å². The van der Waals surface area contributed by atoms with Crippen LogP contribution in [-0.2, 0) is 6.42 Å². The first-order valence-corrected chi connectivity index (χ1v) is 11.2. The molecule has 1 unspecified atom stereocenters. The minimum atomic E-state index is -4.56. The molecular weight excluding hydrogens is 460 g/mol. The Kier molecular flexibility index (Phi) is 7.00. The summed E-state index contributed by atoms with van der Waals surface area (Å²) in [6.45, 7) is 1.68. The predicted octanol–water partition coefficient (Wildman–Crippen LogP) is 5.02. The third kappa shape index (κ3) is 5.27. The van der Waals surface area contributed by atoms with Gasteiger partial charge >= 0.3 is 6.18 Å². The number of benzene rings is 2. The first-order chi connectivity index (χ1) is 16.1. The first-order valence-electron chi connectivity index (χ1n) is 11.2. The Hall–Kier alpha value is -2.46. The first kappa shape index (κ1) is 24.7. The van der Waals surface area contributed by atoms with Crippen LogP contribution in [0.15, 0.2) is 30.3 Å².